The summed E-state index contributed by atoms with van der Waals surface area (Å²) in [6, 6.07) is 15.4. The van der Waals surface area contributed by atoms with E-state index in [1.807, 2.05) is 0 Å². The predicted octanol–water partition coefficient (Wildman–Crippen LogP) is 13.8. The van der Waals surface area contributed by atoms with E-state index in [4.69, 9.17) is 0 Å². The van der Waals surface area contributed by atoms with Crippen molar-refractivity contribution >= 4 is 32.7 Å². The highest BCUT2D eigenvalue weighted by Gasteiger charge is 2.46. The summed E-state index contributed by atoms with van der Waals surface area (Å²) in [5.74, 6) is 2.07. The number of unbranched alkanes of at least 4 members (excludes halogenated alkanes) is 6. The zero-order chi connectivity index (χ0) is 29.8. The van der Waals surface area contributed by atoms with Crippen LogP contribution in [0.1, 0.15) is 142 Å². The fraction of sp³-hybridized carbons (Fsp3) is 0.632. The van der Waals surface area contributed by atoms with Gasteiger partial charge in [-0.1, -0.05) is 126 Å². The van der Waals surface area contributed by atoms with Crippen LogP contribution in [0.3, 0.4) is 0 Å². The number of hydrogen-bond donors (Lipinski definition) is 0. The number of rotatable bonds is 14. The third-order valence-corrected chi connectivity index (χ3v) is 16.7. The molecule has 1 atom stereocenters. The van der Waals surface area contributed by atoms with Crippen LogP contribution in [0, 0.1) is 5.92 Å². The second-order valence-electron chi connectivity index (χ2n) is 14.6. The van der Waals surface area contributed by atoms with Gasteiger partial charge in [0, 0.05) is 19.5 Å². The van der Waals surface area contributed by atoms with Crippen molar-refractivity contribution in [2.45, 2.75) is 158 Å². The Labute approximate surface area is 263 Å². The van der Waals surface area contributed by atoms with Crippen LogP contribution in [0.5, 0.6) is 0 Å². The van der Waals surface area contributed by atoms with Crippen molar-refractivity contribution in [2.75, 3.05) is 5.75 Å². The third-order valence-electron chi connectivity index (χ3n) is 9.01. The van der Waals surface area contributed by atoms with Gasteiger partial charge in [-0.3, -0.25) is 0 Å². The van der Waals surface area contributed by atoms with Crippen molar-refractivity contribution in [1.82, 2.24) is 0 Å². The summed E-state index contributed by atoms with van der Waals surface area (Å²) in [5, 5.41) is 0. The molecule has 1 aliphatic heterocycles. The van der Waals surface area contributed by atoms with E-state index in [-0.39, 0.29) is 10.8 Å². The van der Waals surface area contributed by atoms with Crippen molar-refractivity contribution in [3.63, 3.8) is 0 Å². The van der Waals surface area contributed by atoms with Crippen LogP contribution >= 0.6 is 32.7 Å². The van der Waals surface area contributed by atoms with E-state index in [0.717, 1.165) is 5.92 Å². The van der Waals surface area contributed by atoms with E-state index >= 15 is 0 Å². The van der Waals surface area contributed by atoms with Gasteiger partial charge in [0.25, 0.3) is 0 Å². The van der Waals surface area contributed by atoms with Crippen molar-refractivity contribution < 1.29 is 0 Å². The molecule has 3 aromatic rings. The topological polar surface area (TPSA) is 0 Å². The molecule has 3 heterocycles. The Balaban J connectivity index is 1.80. The molecule has 41 heavy (non-hydrogen) atoms. The summed E-state index contributed by atoms with van der Waals surface area (Å²) in [6.45, 7) is 21.5. The molecule has 1 unspecified atom stereocenters. The van der Waals surface area contributed by atoms with Gasteiger partial charge in [0.2, 0.25) is 0 Å². The zero-order valence-corrected chi connectivity index (χ0v) is 30.2. The maximum atomic E-state index is 2.66. The van der Waals surface area contributed by atoms with Crippen molar-refractivity contribution in [3.8, 4) is 9.75 Å². The highest BCUT2D eigenvalue weighted by molar-refractivity contribution is 8.34. The zero-order valence-electron chi connectivity index (χ0n) is 27.8. The van der Waals surface area contributed by atoms with E-state index in [1.54, 1.807) is 34.2 Å². The molecule has 4 rings (SSSR count). The summed E-state index contributed by atoms with van der Waals surface area (Å²) in [7, 11) is -1.31. The van der Waals surface area contributed by atoms with Gasteiger partial charge in [0.15, 0.2) is 0 Å². The SMILES string of the molecule is CCCCCCCCc1ccc(S2(CC(CC)CCCC)c3cc(C(C)(C)C)sc3-c3sc(C(C)(C)C)cc32)cc1. The fourth-order valence-corrected chi connectivity index (χ4v) is 14.5. The number of fused-ring (bicyclic) bond motifs is 3. The highest BCUT2D eigenvalue weighted by atomic mass is 32.3. The molecule has 0 saturated carbocycles. The molecule has 0 spiro atoms. The minimum atomic E-state index is -1.31. The minimum absolute atomic E-state index is 0.178. The first-order valence-electron chi connectivity index (χ1n) is 16.6. The standard InChI is InChI=1S/C38H58S3/c1-10-13-15-16-17-18-20-29-21-23-30(24-22-29)41(27-28(12-3)19-14-11-2)31-25-33(37(4,5)6)39-35(31)36-32(41)26-34(40-36)38(7,8)9/h21-26,28H,10-20,27H2,1-9H3. The Hall–Kier alpha value is -1.03. The Morgan fingerprint density at radius 2 is 1.17 bits per heavy atom. The average molecular weight is 611 g/mol. The van der Waals surface area contributed by atoms with Crippen molar-refractivity contribution in [2.24, 2.45) is 5.92 Å². The molecule has 0 bridgehead atoms. The Morgan fingerprint density at radius 3 is 1.66 bits per heavy atom. The van der Waals surface area contributed by atoms with Crippen molar-refractivity contribution in [1.29, 1.82) is 0 Å². The second-order valence-corrected chi connectivity index (χ2v) is 19.9. The molecule has 0 fully saturated rings. The first-order chi connectivity index (χ1) is 19.5. The molecule has 0 saturated heterocycles. The second kappa shape index (κ2) is 13.7. The van der Waals surface area contributed by atoms with E-state index in [1.165, 1.54) is 81.9 Å². The molecule has 2 aromatic heterocycles. The largest absolute Gasteiger partial charge is 0.157 e. The monoisotopic (exact) mass is 610 g/mol. The van der Waals surface area contributed by atoms with Crippen LogP contribution in [0.4, 0.5) is 0 Å². The fourth-order valence-electron chi connectivity index (χ4n) is 6.22. The molecular weight excluding hydrogens is 553 g/mol. The van der Waals surface area contributed by atoms with Crippen LogP contribution in [-0.4, -0.2) is 5.75 Å². The lowest BCUT2D eigenvalue weighted by Crippen LogP contribution is -2.15. The van der Waals surface area contributed by atoms with E-state index in [0.29, 0.717) is 0 Å². The maximum Gasteiger partial charge on any atom is 0.0584 e. The summed E-state index contributed by atoms with van der Waals surface area (Å²) in [5.41, 5.74) is 1.88. The first kappa shape index (κ1) is 32.9. The molecule has 0 aliphatic carbocycles. The molecule has 3 heteroatoms. The summed E-state index contributed by atoms with van der Waals surface area (Å²) in [6.07, 6.45) is 14.7. The van der Waals surface area contributed by atoms with E-state index < -0.39 is 10.0 Å². The van der Waals surface area contributed by atoms with Crippen LogP contribution < -0.4 is 0 Å². The third kappa shape index (κ3) is 7.21. The lowest BCUT2D eigenvalue weighted by Gasteiger charge is -2.41. The molecule has 228 valence electrons. The minimum Gasteiger partial charge on any atom is -0.157 e. The van der Waals surface area contributed by atoms with E-state index in [9.17, 15) is 0 Å². The number of benzene rings is 1. The maximum absolute atomic E-state index is 2.66. The summed E-state index contributed by atoms with van der Waals surface area (Å²) >= 11 is 4.20. The van der Waals surface area contributed by atoms with Gasteiger partial charge in [-0.15, -0.1) is 22.7 Å². The molecule has 0 nitrogen and oxygen atoms in total. The van der Waals surface area contributed by atoms with Gasteiger partial charge in [0.05, 0.1) is 9.75 Å². The summed E-state index contributed by atoms with van der Waals surface area (Å²) in [4.78, 5) is 11.3. The smallest absolute Gasteiger partial charge is 0.0584 e. The van der Waals surface area contributed by atoms with Crippen molar-refractivity contribution in [3.05, 3.63) is 51.7 Å². The predicted molar refractivity (Wildman–Crippen MR) is 189 cm³/mol. The quantitative estimate of drug-likeness (QED) is 0.159. The summed E-state index contributed by atoms with van der Waals surface area (Å²) < 4.78 is 0. The molecule has 1 aromatic carbocycles. The molecule has 0 radical (unpaired) electrons. The molecular formula is C38H58S3. The lowest BCUT2D eigenvalue weighted by molar-refractivity contribution is 0.497. The van der Waals surface area contributed by atoms with Crippen LogP contribution in [0.15, 0.2) is 51.1 Å². The Kier molecular flexibility index (Phi) is 11.0. The number of aryl methyl sites for hydroxylation is 1. The normalized spacial score (nSPS) is 16.0. The highest BCUT2D eigenvalue weighted by Crippen LogP contribution is 2.79. The van der Waals surface area contributed by atoms with Gasteiger partial charge in [-0.25, -0.2) is 0 Å². The van der Waals surface area contributed by atoms with Crippen LogP contribution in [0.2, 0.25) is 0 Å². The first-order valence-corrected chi connectivity index (χ1v) is 20.1. The lowest BCUT2D eigenvalue weighted by atomic mass is 9.95. The van der Waals surface area contributed by atoms with Gasteiger partial charge in [0.1, 0.15) is 0 Å². The Morgan fingerprint density at radius 1 is 0.659 bits per heavy atom. The molecule has 0 N–H and O–H groups in total. The van der Waals surface area contributed by atoms with Crippen LogP contribution in [0.25, 0.3) is 9.75 Å². The van der Waals surface area contributed by atoms with E-state index in [2.05, 4.69) is 121 Å². The van der Waals surface area contributed by atoms with Gasteiger partial charge >= 0.3 is 0 Å². The Bertz CT molecular complexity index is 1180. The van der Waals surface area contributed by atoms with Gasteiger partial charge in [-0.2, -0.15) is 10.0 Å². The average Bonchev–Trinajstić information content (AvgIpc) is 3.61. The molecule has 1 aliphatic rings. The number of thiophene rings is 2. The number of hydrogen-bond acceptors (Lipinski definition) is 2. The van der Waals surface area contributed by atoms with Gasteiger partial charge < -0.3 is 0 Å². The van der Waals surface area contributed by atoms with Gasteiger partial charge in [-0.05, 0) is 76.5 Å². The van der Waals surface area contributed by atoms with Crippen LogP contribution in [-0.2, 0) is 17.3 Å². The molecule has 0 amide bonds.